The van der Waals surface area contributed by atoms with Crippen molar-refractivity contribution in [3.63, 3.8) is 0 Å². The molecule has 0 heterocycles. The minimum atomic E-state index is -0.174. The van der Waals surface area contributed by atoms with Crippen LogP contribution < -0.4 is 5.06 Å². The summed E-state index contributed by atoms with van der Waals surface area (Å²) in [5, 5.41) is 1.34. The fourth-order valence-corrected chi connectivity index (χ4v) is 1.29. The van der Waals surface area contributed by atoms with Crippen molar-refractivity contribution in [1.82, 2.24) is 4.90 Å². The van der Waals surface area contributed by atoms with Gasteiger partial charge in [-0.3, -0.25) is 4.84 Å². The minimum absolute atomic E-state index is 0.174. The molecule has 0 saturated carbocycles. The van der Waals surface area contributed by atoms with Crippen LogP contribution in [0.4, 0.5) is 10.5 Å². The number of hydroxylamine groups is 1. The molecule has 17 heavy (non-hydrogen) atoms. The van der Waals surface area contributed by atoms with Gasteiger partial charge in [0.2, 0.25) is 0 Å². The first-order valence-corrected chi connectivity index (χ1v) is 5.86. The maximum absolute atomic E-state index is 12.0. The van der Waals surface area contributed by atoms with E-state index >= 15 is 0 Å². The van der Waals surface area contributed by atoms with Gasteiger partial charge in [-0.2, -0.15) is 5.06 Å². The van der Waals surface area contributed by atoms with Gasteiger partial charge in [0.1, 0.15) is 0 Å². The second kappa shape index (κ2) is 6.91. The average Bonchev–Trinajstić information content (AvgIpc) is 2.35. The lowest BCUT2D eigenvalue weighted by atomic mass is 10.3. The molecule has 4 heteroatoms. The highest BCUT2D eigenvalue weighted by atomic mass is 16.7. The van der Waals surface area contributed by atoms with Gasteiger partial charge in [0.15, 0.2) is 0 Å². The molecule has 1 aromatic carbocycles. The van der Waals surface area contributed by atoms with Crippen LogP contribution in [0.15, 0.2) is 30.3 Å². The summed E-state index contributed by atoms with van der Waals surface area (Å²) >= 11 is 0. The zero-order chi connectivity index (χ0) is 12.7. The number of carbonyl (C=O) groups excluding carboxylic acids is 1. The summed E-state index contributed by atoms with van der Waals surface area (Å²) < 4.78 is 0. The van der Waals surface area contributed by atoms with Gasteiger partial charge in [0, 0.05) is 14.1 Å². The van der Waals surface area contributed by atoms with E-state index in [9.17, 15) is 4.79 Å². The maximum atomic E-state index is 12.0. The van der Waals surface area contributed by atoms with Crippen LogP contribution in [-0.2, 0) is 4.84 Å². The molecule has 0 N–H and O–H groups in total. The highest BCUT2D eigenvalue weighted by molar-refractivity contribution is 5.89. The molecule has 0 spiro atoms. The topological polar surface area (TPSA) is 32.8 Å². The molecular formula is C13H20N2O2. The number of hydrogen-bond acceptors (Lipinski definition) is 2. The second-order valence-corrected chi connectivity index (χ2v) is 3.99. The molecule has 0 saturated heterocycles. The molecule has 0 aliphatic heterocycles. The second-order valence-electron chi connectivity index (χ2n) is 3.99. The number of urea groups is 1. The Hall–Kier alpha value is -1.55. The summed E-state index contributed by atoms with van der Waals surface area (Å²) in [4.78, 5) is 19.0. The van der Waals surface area contributed by atoms with Crippen LogP contribution in [0, 0.1) is 0 Å². The lowest BCUT2D eigenvalue weighted by Gasteiger charge is -2.25. The van der Waals surface area contributed by atoms with E-state index in [-0.39, 0.29) is 6.03 Å². The van der Waals surface area contributed by atoms with Crippen molar-refractivity contribution in [1.29, 1.82) is 0 Å². The Morgan fingerprint density at radius 3 is 2.41 bits per heavy atom. The van der Waals surface area contributed by atoms with Crippen molar-refractivity contribution in [2.45, 2.75) is 19.8 Å². The third-order valence-corrected chi connectivity index (χ3v) is 2.27. The standard InChI is InChI=1S/C13H20N2O2/c1-4-5-11-17-15(13(16)14(2)3)12-9-7-6-8-10-12/h6-10H,4-5,11H2,1-3H3. The van der Waals surface area contributed by atoms with E-state index in [2.05, 4.69) is 6.92 Å². The number of anilines is 1. The number of rotatable bonds is 5. The summed E-state index contributed by atoms with van der Waals surface area (Å²) in [5.74, 6) is 0. The van der Waals surface area contributed by atoms with Gasteiger partial charge in [-0.15, -0.1) is 0 Å². The Labute approximate surface area is 103 Å². The lowest BCUT2D eigenvalue weighted by molar-refractivity contribution is 0.104. The Bertz CT molecular complexity index is 339. The van der Waals surface area contributed by atoms with Gasteiger partial charge in [-0.1, -0.05) is 31.5 Å². The van der Waals surface area contributed by atoms with Crippen LogP contribution in [0.2, 0.25) is 0 Å². The smallest absolute Gasteiger partial charge is 0.329 e. The third kappa shape index (κ3) is 4.07. The van der Waals surface area contributed by atoms with Crippen LogP contribution in [0.3, 0.4) is 0 Å². The minimum Gasteiger partial charge on any atom is -0.329 e. The number of para-hydroxylation sites is 1. The SMILES string of the molecule is CCCCON(C(=O)N(C)C)c1ccccc1. The van der Waals surface area contributed by atoms with Crippen molar-refractivity contribution < 1.29 is 9.63 Å². The summed E-state index contributed by atoms with van der Waals surface area (Å²) in [6.45, 7) is 2.63. The molecule has 94 valence electrons. The molecule has 4 nitrogen and oxygen atoms in total. The number of amides is 2. The van der Waals surface area contributed by atoms with Gasteiger partial charge in [-0.25, -0.2) is 4.79 Å². The normalized spacial score (nSPS) is 10.1. The van der Waals surface area contributed by atoms with E-state index in [4.69, 9.17) is 4.84 Å². The van der Waals surface area contributed by atoms with Crippen LogP contribution in [0.5, 0.6) is 0 Å². The summed E-state index contributed by atoms with van der Waals surface area (Å²) in [6.07, 6.45) is 1.98. The lowest BCUT2D eigenvalue weighted by Crippen LogP contribution is -2.39. The molecule has 0 bridgehead atoms. The van der Waals surface area contributed by atoms with E-state index in [0.717, 1.165) is 18.5 Å². The molecule has 0 aromatic heterocycles. The first-order valence-electron chi connectivity index (χ1n) is 5.86. The quantitative estimate of drug-likeness (QED) is 0.581. The number of unbranched alkanes of at least 4 members (excludes halogenated alkanes) is 1. The molecule has 1 rings (SSSR count). The van der Waals surface area contributed by atoms with E-state index < -0.39 is 0 Å². The van der Waals surface area contributed by atoms with Crippen molar-refractivity contribution in [2.24, 2.45) is 0 Å². The molecule has 0 atom stereocenters. The van der Waals surface area contributed by atoms with Crippen molar-refractivity contribution in [3.05, 3.63) is 30.3 Å². The zero-order valence-corrected chi connectivity index (χ0v) is 10.7. The van der Waals surface area contributed by atoms with Crippen LogP contribution in [0.25, 0.3) is 0 Å². The molecular weight excluding hydrogens is 216 g/mol. The molecule has 0 aliphatic rings. The van der Waals surface area contributed by atoms with Crippen LogP contribution >= 0.6 is 0 Å². The Kier molecular flexibility index (Phi) is 5.49. The van der Waals surface area contributed by atoms with Gasteiger partial charge in [0.25, 0.3) is 0 Å². The molecule has 0 aliphatic carbocycles. The first kappa shape index (κ1) is 13.5. The van der Waals surface area contributed by atoms with E-state index in [1.54, 1.807) is 14.1 Å². The number of hydrogen-bond donors (Lipinski definition) is 0. The van der Waals surface area contributed by atoms with Gasteiger partial charge >= 0.3 is 6.03 Å². The van der Waals surface area contributed by atoms with Crippen molar-refractivity contribution >= 4 is 11.7 Å². The molecule has 2 amide bonds. The number of nitrogens with zero attached hydrogens (tertiary/aromatic N) is 2. The molecule has 1 aromatic rings. The largest absolute Gasteiger partial charge is 0.348 e. The number of carbonyl (C=O) groups is 1. The van der Waals surface area contributed by atoms with Crippen molar-refractivity contribution in [2.75, 3.05) is 25.8 Å². The fourth-order valence-electron chi connectivity index (χ4n) is 1.29. The fraction of sp³-hybridized carbons (Fsp3) is 0.462. The van der Waals surface area contributed by atoms with Crippen LogP contribution in [-0.4, -0.2) is 31.6 Å². The third-order valence-electron chi connectivity index (χ3n) is 2.27. The van der Waals surface area contributed by atoms with Gasteiger partial charge in [0.05, 0.1) is 12.3 Å². The molecule has 0 radical (unpaired) electrons. The highest BCUT2D eigenvalue weighted by Crippen LogP contribution is 2.15. The summed E-state index contributed by atoms with van der Waals surface area (Å²) in [6, 6.07) is 9.21. The number of benzene rings is 1. The summed E-state index contributed by atoms with van der Waals surface area (Å²) in [7, 11) is 3.42. The predicted octanol–water partition coefficient (Wildman–Crippen LogP) is 2.91. The zero-order valence-electron chi connectivity index (χ0n) is 10.7. The molecule has 0 fully saturated rings. The first-order chi connectivity index (χ1) is 8.16. The highest BCUT2D eigenvalue weighted by Gasteiger charge is 2.18. The Morgan fingerprint density at radius 2 is 1.88 bits per heavy atom. The Morgan fingerprint density at radius 1 is 1.24 bits per heavy atom. The van der Waals surface area contributed by atoms with Gasteiger partial charge in [-0.05, 0) is 18.6 Å². The average molecular weight is 236 g/mol. The monoisotopic (exact) mass is 236 g/mol. The van der Waals surface area contributed by atoms with Gasteiger partial charge < -0.3 is 4.90 Å². The van der Waals surface area contributed by atoms with E-state index in [0.29, 0.717) is 6.61 Å². The van der Waals surface area contributed by atoms with E-state index in [1.165, 1.54) is 9.96 Å². The molecule has 0 unspecified atom stereocenters. The summed E-state index contributed by atoms with van der Waals surface area (Å²) in [5.41, 5.74) is 0.752. The van der Waals surface area contributed by atoms with E-state index in [1.807, 2.05) is 30.3 Å². The van der Waals surface area contributed by atoms with Crippen LogP contribution in [0.1, 0.15) is 19.8 Å². The predicted molar refractivity (Wildman–Crippen MR) is 68.9 cm³/mol. The maximum Gasteiger partial charge on any atom is 0.348 e. The van der Waals surface area contributed by atoms with Crippen molar-refractivity contribution in [3.8, 4) is 0 Å². The Balaban J connectivity index is 2.76.